The largest absolute Gasteiger partial charge is 0.497 e. The summed E-state index contributed by atoms with van der Waals surface area (Å²) in [5.74, 6) is -2.07. The van der Waals surface area contributed by atoms with Gasteiger partial charge in [-0.05, 0) is 43.2 Å². The molecule has 3 aliphatic rings. The minimum absolute atomic E-state index is 0.0214. The minimum Gasteiger partial charge on any atom is -0.497 e. The van der Waals surface area contributed by atoms with E-state index in [1.165, 1.54) is 11.0 Å². The number of likely N-dealkylation sites (tertiary alicyclic amines) is 2. The van der Waals surface area contributed by atoms with Crippen LogP contribution < -0.4 is 14.8 Å². The van der Waals surface area contributed by atoms with Crippen molar-refractivity contribution in [2.75, 3.05) is 26.7 Å². The number of aromatic nitrogens is 1. The average Bonchev–Trinajstić information content (AvgIpc) is 3.69. The molecule has 3 heterocycles. The SMILES string of the molecule is C=CC1C[C@@]1(NC(=O)[C@@H]1C[C@@H](Oc2cc(-c3ccccc3)nc3cc(OC)ccc23)CN1C(=O)[C@@H](CC(=O)N1CCCCC1)C(C)(C)C)C(=O)O. The van der Waals surface area contributed by atoms with E-state index in [4.69, 9.17) is 14.5 Å². The first-order chi connectivity index (χ1) is 24.3. The summed E-state index contributed by atoms with van der Waals surface area (Å²) < 4.78 is 12.2. The number of methoxy groups -OCH3 is 1. The van der Waals surface area contributed by atoms with Crippen LogP contribution in [0.1, 0.15) is 59.3 Å². The van der Waals surface area contributed by atoms with Crippen LogP contribution in [0.3, 0.4) is 0 Å². The highest BCUT2D eigenvalue weighted by molar-refractivity contribution is 5.96. The Kier molecular flexibility index (Phi) is 10.1. The van der Waals surface area contributed by atoms with E-state index in [1.54, 1.807) is 7.11 Å². The number of fused-ring (bicyclic) bond motifs is 1. The lowest BCUT2D eigenvalue weighted by molar-refractivity contribution is -0.149. The molecule has 11 nitrogen and oxygen atoms in total. The van der Waals surface area contributed by atoms with E-state index in [0.717, 1.165) is 30.2 Å². The van der Waals surface area contributed by atoms with Crippen LogP contribution in [0.25, 0.3) is 22.2 Å². The third-order valence-corrected chi connectivity index (χ3v) is 10.6. The van der Waals surface area contributed by atoms with Crippen LogP contribution in [0.15, 0.2) is 67.3 Å². The molecule has 2 aliphatic heterocycles. The Balaban J connectivity index is 1.33. The molecular weight excluding hydrogens is 648 g/mol. The molecule has 1 saturated carbocycles. The van der Waals surface area contributed by atoms with Crippen LogP contribution in [-0.4, -0.2) is 88.0 Å². The molecule has 2 N–H and O–H groups in total. The highest BCUT2D eigenvalue weighted by Crippen LogP contribution is 2.45. The molecule has 3 fully saturated rings. The van der Waals surface area contributed by atoms with Crippen molar-refractivity contribution in [3.05, 3.63) is 67.3 Å². The highest BCUT2D eigenvalue weighted by Gasteiger charge is 2.61. The Hall–Kier alpha value is -4.93. The van der Waals surface area contributed by atoms with Crippen molar-refractivity contribution in [2.24, 2.45) is 17.3 Å². The molecule has 1 unspecified atom stereocenters. The zero-order valence-electron chi connectivity index (χ0n) is 29.9. The van der Waals surface area contributed by atoms with Crippen LogP contribution in [0, 0.1) is 17.3 Å². The van der Waals surface area contributed by atoms with Crippen molar-refractivity contribution >= 4 is 34.6 Å². The number of amides is 3. The number of aliphatic carboxylic acids is 1. The first-order valence-electron chi connectivity index (χ1n) is 17.8. The number of rotatable bonds is 11. The molecule has 2 aromatic carbocycles. The van der Waals surface area contributed by atoms with Gasteiger partial charge in [-0.3, -0.25) is 14.4 Å². The average molecular weight is 697 g/mol. The fourth-order valence-electron chi connectivity index (χ4n) is 7.44. The van der Waals surface area contributed by atoms with Gasteiger partial charge in [0.05, 0.1) is 30.8 Å². The molecule has 0 radical (unpaired) electrons. The number of carbonyl (C=O) groups excluding carboxylic acids is 3. The number of pyridine rings is 1. The molecule has 3 aromatic rings. The van der Waals surface area contributed by atoms with Crippen molar-refractivity contribution in [1.82, 2.24) is 20.1 Å². The van der Waals surface area contributed by atoms with Gasteiger partial charge in [-0.2, -0.15) is 0 Å². The third-order valence-electron chi connectivity index (χ3n) is 10.6. The zero-order chi connectivity index (χ0) is 36.5. The Morgan fingerprint density at radius 1 is 1.08 bits per heavy atom. The summed E-state index contributed by atoms with van der Waals surface area (Å²) in [5.41, 5.74) is 0.162. The summed E-state index contributed by atoms with van der Waals surface area (Å²) >= 11 is 0. The van der Waals surface area contributed by atoms with Gasteiger partial charge in [-0.25, -0.2) is 9.78 Å². The van der Waals surface area contributed by atoms with Gasteiger partial charge in [0, 0.05) is 54.9 Å². The maximum Gasteiger partial charge on any atom is 0.330 e. The van der Waals surface area contributed by atoms with Crippen molar-refractivity contribution in [3.63, 3.8) is 0 Å². The third kappa shape index (κ3) is 7.43. The van der Waals surface area contributed by atoms with Gasteiger partial charge in [0.15, 0.2) is 0 Å². The second-order valence-electron chi connectivity index (χ2n) is 15.1. The number of carboxylic acids is 1. The van der Waals surface area contributed by atoms with Gasteiger partial charge in [0.1, 0.15) is 29.2 Å². The highest BCUT2D eigenvalue weighted by atomic mass is 16.5. The van der Waals surface area contributed by atoms with Crippen molar-refractivity contribution in [2.45, 2.75) is 77.0 Å². The lowest BCUT2D eigenvalue weighted by atomic mass is 9.77. The molecular formula is C40H48N4O7. The molecule has 11 heteroatoms. The minimum atomic E-state index is -1.47. The summed E-state index contributed by atoms with van der Waals surface area (Å²) in [5, 5.41) is 13.6. The first-order valence-corrected chi connectivity index (χ1v) is 17.8. The number of benzene rings is 2. The molecule has 0 spiro atoms. The fraction of sp³-hybridized carbons (Fsp3) is 0.475. The monoisotopic (exact) mass is 696 g/mol. The Morgan fingerprint density at radius 3 is 2.43 bits per heavy atom. The lowest BCUT2D eigenvalue weighted by Gasteiger charge is -2.36. The molecule has 2 saturated heterocycles. The number of nitrogens with one attached hydrogen (secondary N) is 1. The summed E-state index contributed by atoms with van der Waals surface area (Å²) in [4.78, 5) is 62.8. The van der Waals surface area contributed by atoms with Gasteiger partial charge < -0.3 is 29.7 Å². The zero-order valence-corrected chi connectivity index (χ0v) is 29.9. The predicted molar refractivity (Wildman–Crippen MR) is 193 cm³/mol. The number of piperidine rings is 1. The van der Waals surface area contributed by atoms with E-state index in [0.29, 0.717) is 35.8 Å². The fourth-order valence-corrected chi connectivity index (χ4v) is 7.44. The summed E-state index contributed by atoms with van der Waals surface area (Å²) in [7, 11) is 1.59. The topological polar surface area (TPSA) is 138 Å². The molecule has 5 atom stereocenters. The van der Waals surface area contributed by atoms with Gasteiger partial charge in [0.2, 0.25) is 17.7 Å². The predicted octanol–water partition coefficient (Wildman–Crippen LogP) is 5.47. The molecule has 6 rings (SSSR count). The quantitative estimate of drug-likeness (QED) is 0.252. The van der Waals surface area contributed by atoms with E-state index in [1.807, 2.05) is 80.3 Å². The van der Waals surface area contributed by atoms with E-state index >= 15 is 0 Å². The van der Waals surface area contributed by atoms with Gasteiger partial charge >= 0.3 is 5.97 Å². The van der Waals surface area contributed by atoms with Gasteiger partial charge in [-0.1, -0.05) is 57.2 Å². The van der Waals surface area contributed by atoms with Crippen molar-refractivity contribution < 1.29 is 33.8 Å². The number of carboxylic acid groups (broad SMARTS) is 1. The molecule has 3 amide bonds. The molecule has 1 aliphatic carbocycles. The number of ether oxygens (including phenoxy) is 2. The summed E-state index contributed by atoms with van der Waals surface area (Å²) in [6.45, 7) is 11.0. The second-order valence-corrected chi connectivity index (χ2v) is 15.1. The Labute approximate surface area is 299 Å². The molecule has 0 bridgehead atoms. The van der Waals surface area contributed by atoms with Crippen molar-refractivity contribution in [3.8, 4) is 22.8 Å². The molecule has 51 heavy (non-hydrogen) atoms. The number of carbonyl (C=O) groups is 4. The molecule has 1 aromatic heterocycles. The maximum absolute atomic E-state index is 14.6. The van der Waals surface area contributed by atoms with Crippen LogP contribution in [0.2, 0.25) is 0 Å². The summed E-state index contributed by atoms with van der Waals surface area (Å²) in [6, 6.07) is 16.1. The van der Waals surface area contributed by atoms with Crippen LogP contribution >= 0.6 is 0 Å². The smallest absolute Gasteiger partial charge is 0.330 e. The van der Waals surface area contributed by atoms with Crippen LogP contribution in [0.5, 0.6) is 11.5 Å². The van der Waals surface area contributed by atoms with Gasteiger partial charge in [-0.15, -0.1) is 6.58 Å². The number of hydrogen-bond donors (Lipinski definition) is 2. The first kappa shape index (κ1) is 35.9. The van der Waals surface area contributed by atoms with Gasteiger partial charge in [0.25, 0.3) is 0 Å². The van der Waals surface area contributed by atoms with E-state index in [9.17, 15) is 24.3 Å². The Morgan fingerprint density at radius 2 is 1.80 bits per heavy atom. The number of nitrogens with zero attached hydrogens (tertiary/aromatic N) is 3. The van der Waals surface area contributed by atoms with E-state index in [2.05, 4.69) is 11.9 Å². The van der Waals surface area contributed by atoms with Crippen molar-refractivity contribution in [1.29, 1.82) is 0 Å². The summed E-state index contributed by atoms with van der Waals surface area (Å²) in [6.07, 6.45) is 4.25. The maximum atomic E-state index is 14.6. The molecule has 270 valence electrons. The standard InChI is InChI=1S/C40H48N4O7/c1-6-26-23-40(26,38(48)49)42-36(46)33-20-28(24-44(33)37(47)30(39(2,3)4)21-35(45)43-17-11-8-12-18-43)51-34-22-31(25-13-9-7-10-14-25)41-32-19-27(50-5)15-16-29(32)34/h6-7,9-10,13-16,19,22,26,28,30,33H,1,8,11-12,17-18,20-21,23-24H2,2-5H3,(H,42,46)(H,48,49)/t26?,28-,30-,33+,40+/m1/s1. The van der Waals surface area contributed by atoms with E-state index < -0.39 is 46.8 Å². The normalized spacial score (nSPS) is 23.7. The second kappa shape index (κ2) is 14.4. The Bertz CT molecular complexity index is 1820. The lowest BCUT2D eigenvalue weighted by Crippen LogP contribution is -2.54. The van der Waals surface area contributed by atoms with Crippen LogP contribution in [-0.2, 0) is 19.2 Å². The van der Waals surface area contributed by atoms with E-state index in [-0.39, 0.29) is 37.6 Å². The van der Waals surface area contributed by atoms with Crippen LogP contribution in [0.4, 0.5) is 0 Å². The number of hydrogen-bond acceptors (Lipinski definition) is 7.